The highest BCUT2D eigenvalue weighted by atomic mass is 19.1. The van der Waals surface area contributed by atoms with Crippen LogP contribution in [-0.2, 0) is 9.53 Å². The molecule has 0 aromatic heterocycles. The van der Waals surface area contributed by atoms with Crippen molar-refractivity contribution in [3.05, 3.63) is 76.7 Å². The van der Waals surface area contributed by atoms with Gasteiger partial charge in [-0.3, -0.25) is 0 Å². The minimum atomic E-state index is -0.636. The first kappa shape index (κ1) is 13.7. The van der Waals surface area contributed by atoms with Crippen LogP contribution in [0.3, 0.4) is 0 Å². The standard InChI is InChI=1S/C17H9FN2O2/c18-14-4-2-1-3-13(14)16-20-15(17(21)22-16)9-11-5-7-12(10-19)8-6-11/h1-9H. The number of cyclic esters (lactones) is 1. The maximum atomic E-state index is 13.7. The molecule has 0 spiro atoms. The second-order valence-corrected chi connectivity index (χ2v) is 4.55. The smallest absolute Gasteiger partial charge is 0.363 e. The largest absolute Gasteiger partial charge is 0.402 e. The van der Waals surface area contributed by atoms with Crippen molar-refractivity contribution in [2.45, 2.75) is 0 Å². The zero-order valence-electron chi connectivity index (χ0n) is 11.3. The lowest BCUT2D eigenvalue weighted by molar-refractivity contribution is -0.129. The van der Waals surface area contributed by atoms with Crippen molar-refractivity contribution in [2.24, 2.45) is 4.99 Å². The zero-order chi connectivity index (χ0) is 15.5. The Morgan fingerprint density at radius 2 is 1.86 bits per heavy atom. The van der Waals surface area contributed by atoms with Gasteiger partial charge < -0.3 is 4.74 Å². The maximum absolute atomic E-state index is 13.7. The monoisotopic (exact) mass is 292 g/mol. The number of benzene rings is 2. The summed E-state index contributed by atoms with van der Waals surface area (Å²) in [6, 6.07) is 14.6. The fourth-order valence-corrected chi connectivity index (χ4v) is 1.97. The summed E-state index contributed by atoms with van der Waals surface area (Å²) in [6.45, 7) is 0. The molecular weight excluding hydrogens is 283 g/mol. The second kappa shape index (κ2) is 5.62. The van der Waals surface area contributed by atoms with E-state index in [1.807, 2.05) is 6.07 Å². The molecule has 0 saturated heterocycles. The van der Waals surface area contributed by atoms with E-state index in [0.29, 0.717) is 11.1 Å². The van der Waals surface area contributed by atoms with Crippen LogP contribution in [0.4, 0.5) is 4.39 Å². The molecule has 1 aliphatic rings. The van der Waals surface area contributed by atoms with Gasteiger partial charge in [-0.05, 0) is 35.9 Å². The molecule has 0 amide bonds. The summed E-state index contributed by atoms with van der Waals surface area (Å²) in [5.74, 6) is -1.20. The number of aliphatic imine (C=N–C) groups is 1. The number of carbonyl (C=O) groups excluding carboxylic acids is 1. The van der Waals surface area contributed by atoms with Crippen molar-refractivity contribution in [3.63, 3.8) is 0 Å². The van der Waals surface area contributed by atoms with E-state index in [9.17, 15) is 9.18 Å². The van der Waals surface area contributed by atoms with Crippen molar-refractivity contribution in [2.75, 3.05) is 0 Å². The Morgan fingerprint density at radius 3 is 2.55 bits per heavy atom. The normalized spacial score (nSPS) is 15.4. The van der Waals surface area contributed by atoms with E-state index in [2.05, 4.69) is 4.99 Å². The van der Waals surface area contributed by atoms with E-state index in [-0.39, 0.29) is 17.2 Å². The number of halogens is 1. The predicted octanol–water partition coefficient (Wildman–Crippen LogP) is 3.04. The Labute approximate surface area is 125 Å². The summed E-state index contributed by atoms with van der Waals surface area (Å²) in [6.07, 6.45) is 1.53. The molecule has 0 fully saturated rings. The molecule has 0 N–H and O–H groups in total. The van der Waals surface area contributed by atoms with Gasteiger partial charge in [0.1, 0.15) is 5.82 Å². The topological polar surface area (TPSA) is 62.4 Å². The highest BCUT2D eigenvalue weighted by Gasteiger charge is 2.25. The number of ether oxygens (including phenoxy) is 1. The van der Waals surface area contributed by atoms with Crippen LogP contribution in [-0.4, -0.2) is 11.9 Å². The minimum Gasteiger partial charge on any atom is -0.402 e. The fraction of sp³-hybridized carbons (Fsp3) is 0. The summed E-state index contributed by atoms with van der Waals surface area (Å²) in [4.78, 5) is 15.9. The van der Waals surface area contributed by atoms with Crippen LogP contribution in [0.25, 0.3) is 6.08 Å². The molecule has 2 aromatic carbocycles. The van der Waals surface area contributed by atoms with Gasteiger partial charge in [-0.2, -0.15) is 5.26 Å². The zero-order valence-corrected chi connectivity index (χ0v) is 11.3. The lowest BCUT2D eigenvalue weighted by Gasteiger charge is -1.99. The molecule has 1 aliphatic heterocycles. The minimum absolute atomic E-state index is 0.0528. The van der Waals surface area contributed by atoms with Gasteiger partial charge in [0.05, 0.1) is 17.2 Å². The number of carbonyl (C=O) groups is 1. The molecule has 0 bridgehead atoms. The third kappa shape index (κ3) is 2.63. The van der Waals surface area contributed by atoms with Gasteiger partial charge in [0, 0.05) is 0 Å². The first-order valence-corrected chi connectivity index (χ1v) is 6.45. The van der Waals surface area contributed by atoms with Crippen molar-refractivity contribution in [1.82, 2.24) is 0 Å². The van der Waals surface area contributed by atoms with Gasteiger partial charge in [-0.1, -0.05) is 24.3 Å². The van der Waals surface area contributed by atoms with Crippen LogP contribution in [0.15, 0.2) is 59.2 Å². The predicted molar refractivity (Wildman–Crippen MR) is 78.2 cm³/mol. The SMILES string of the molecule is N#Cc1ccc(C=C2N=C(c3ccccc3F)OC2=O)cc1. The first-order valence-electron chi connectivity index (χ1n) is 6.45. The molecule has 0 unspecified atom stereocenters. The third-order valence-electron chi connectivity index (χ3n) is 3.07. The number of hydrogen-bond donors (Lipinski definition) is 0. The Kier molecular flexibility index (Phi) is 3.50. The molecule has 3 rings (SSSR count). The number of esters is 1. The summed E-state index contributed by atoms with van der Waals surface area (Å²) in [5.41, 5.74) is 1.44. The third-order valence-corrected chi connectivity index (χ3v) is 3.07. The molecule has 0 atom stereocenters. The van der Waals surface area contributed by atoms with Crippen molar-refractivity contribution < 1.29 is 13.9 Å². The van der Waals surface area contributed by atoms with Crippen LogP contribution in [0.2, 0.25) is 0 Å². The Bertz CT molecular complexity index is 846. The van der Waals surface area contributed by atoms with Crippen LogP contribution in [0.5, 0.6) is 0 Å². The van der Waals surface area contributed by atoms with E-state index in [0.717, 1.165) is 0 Å². The summed E-state index contributed by atoms with van der Waals surface area (Å²) >= 11 is 0. The molecule has 0 saturated carbocycles. The van der Waals surface area contributed by atoms with E-state index < -0.39 is 11.8 Å². The molecule has 2 aromatic rings. The van der Waals surface area contributed by atoms with Crippen LogP contribution in [0.1, 0.15) is 16.7 Å². The quantitative estimate of drug-likeness (QED) is 0.631. The van der Waals surface area contributed by atoms with E-state index in [1.54, 1.807) is 36.4 Å². The van der Waals surface area contributed by atoms with E-state index in [4.69, 9.17) is 10.00 Å². The molecular formula is C17H9FN2O2. The molecule has 0 aliphatic carbocycles. The van der Waals surface area contributed by atoms with E-state index in [1.165, 1.54) is 18.2 Å². The summed E-state index contributed by atoms with van der Waals surface area (Å²) in [5, 5.41) is 8.74. The number of nitriles is 1. The van der Waals surface area contributed by atoms with Gasteiger partial charge in [-0.15, -0.1) is 0 Å². The van der Waals surface area contributed by atoms with Crippen LogP contribution < -0.4 is 0 Å². The van der Waals surface area contributed by atoms with Gasteiger partial charge >= 0.3 is 5.97 Å². The van der Waals surface area contributed by atoms with Crippen molar-refractivity contribution in [3.8, 4) is 6.07 Å². The van der Waals surface area contributed by atoms with Crippen molar-refractivity contribution in [1.29, 1.82) is 5.26 Å². The Balaban J connectivity index is 1.94. The fourth-order valence-electron chi connectivity index (χ4n) is 1.97. The maximum Gasteiger partial charge on any atom is 0.363 e. The highest BCUT2D eigenvalue weighted by molar-refractivity contribution is 6.12. The van der Waals surface area contributed by atoms with Gasteiger partial charge in [0.2, 0.25) is 5.90 Å². The summed E-state index contributed by atoms with van der Waals surface area (Å²) in [7, 11) is 0. The van der Waals surface area contributed by atoms with E-state index >= 15 is 0 Å². The van der Waals surface area contributed by atoms with Crippen LogP contribution in [0, 0.1) is 17.1 Å². The number of hydrogen-bond acceptors (Lipinski definition) is 4. The second-order valence-electron chi connectivity index (χ2n) is 4.55. The lowest BCUT2D eigenvalue weighted by atomic mass is 10.1. The molecule has 0 radical (unpaired) electrons. The lowest BCUT2D eigenvalue weighted by Crippen LogP contribution is -2.07. The molecule has 106 valence electrons. The first-order chi connectivity index (χ1) is 10.7. The van der Waals surface area contributed by atoms with Crippen molar-refractivity contribution >= 4 is 17.9 Å². The molecule has 4 nitrogen and oxygen atoms in total. The summed E-state index contributed by atoms with van der Waals surface area (Å²) < 4.78 is 18.7. The Hall–Kier alpha value is -3.26. The van der Waals surface area contributed by atoms with Gasteiger partial charge in [0.25, 0.3) is 0 Å². The van der Waals surface area contributed by atoms with Crippen LogP contribution >= 0.6 is 0 Å². The Morgan fingerprint density at radius 1 is 1.14 bits per heavy atom. The van der Waals surface area contributed by atoms with Gasteiger partial charge in [-0.25, -0.2) is 14.2 Å². The average Bonchev–Trinajstić information content (AvgIpc) is 2.89. The average molecular weight is 292 g/mol. The molecule has 5 heteroatoms. The number of rotatable bonds is 2. The van der Waals surface area contributed by atoms with Gasteiger partial charge in [0.15, 0.2) is 5.70 Å². The molecule has 1 heterocycles. The highest BCUT2D eigenvalue weighted by Crippen LogP contribution is 2.20. The molecule has 22 heavy (non-hydrogen) atoms. The number of nitrogens with zero attached hydrogens (tertiary/aromatic N) is 2.